The lowest BCUT2D eigenvalue weighted by molar-refractivity contribution is -0.118. The minimum atomic E-state index is -3.79. The van der Waals surface area contributed by atoms with Crippen molar-refractivity contribution >= 4 is 38.9 Å². The normalized spacial score (nSPS) is 14.7. The van der Waals surface area contributed by atoms with Gasteiger partial charge in [0.05, 0.1) is 35.4 Å². The van der Waals surface area contributed by atoms with Gasteiger partial charge in [-0.1, -0.05) is 29.3 Å². The van der Waals surface area contributed by atoms with Crippen molar-refractivity contribution in [1.82, 2.24) is 4.90 Å². The van der Waals surface area contributed by atoms with Crippen LogP contribution in [0.1, 0.15) is 5.56 Å². The summed E-state index contributed by atoms with van der Waals surface area (Å²) in [6.45, 7) is 4.75. The SMILES string of the molecule is Cc1ccc(S(=O)(=O)Nc2cc(NC(=O)CN3CCOCC3)ccc2Cl)cc1.[Cl-]. The van der Waals surface area contributed by atoms with E-state index in [4.69, 9.17) is 16.3 Å². The second-order valence-corrected chi connectivity index (χ2v) is 8.64. The van der Waals surface area contributed by atoms with Crippen LogP contribution < -0.4 is 22.4 Å². The van der Waals surface area contributed by atoms with Gasteiger partial charge in [0.25, 0.3) is 10.0 Å². The van der Waals surface area contributed by atoms with E-state index in [0.29, 0.717) is 32.0 Å². The van der Waals surface area contributed by atoms with Crippen LogP contribution in [0.5, 0.6) is 0 Å². The number of hydrogen-bond acceptors (Lipinski definition) is 5. The summed E-state index contributed by atoms with van der Waals surface area (Å²) in [5.74, 6) is -0.184. The maximum atomic E-state index is 12.6. The monoisotopic (exact) mass is 458 g/mol. The molecule has 0 aromatic heterocycles. The minimum Gasteiger partial charge on any atom is -1.00 e. The molecular weight excluding hydrogens is 437 g/mol. The Morgan fingerprint density at radius 2 is 1.79 bits per heavy atom. The van der Waals surface area contributed by atoms with Gasteiger partial charge in [-0.05, 0) is 37.3 Å². The molecule has 0 radical (unpaired) electrons. The van der Waals surface area contributed by atoms with E-state index < -0.39 is 10.0 Å². The first-order valence-corrected chi connectivity index (χ1v) is 10.7. The van der Waals surface area contributed by atoms with Crippen LogP contribution in [0.25, 0.3) is 0 Å². The number of amides is 1. The Hall–Kier alpha value is -1.84. The number of sulfonamides is 1. The molecule has 2 N–H and O–H groups in total. The molecule has 0 saturated carbocycles. The van der Waals surface area contributed by atoms with E-state index in [9.17, 15) is 13.2 Å². The number of aryl methyl sites for hydroxylation is 1. The molecule has 0 atom stereocenters. The van der Waals surface area contributed by atoms with Crippen LogP contribution in [-0.2, 0) is 19.6 Å². The average Bonchev–Trinajstić information content (AvgIpc) is 2.65. The molecule has 10 heteroatoms. The van der Waals surface area contributed by atoms with Crippen molar-refractivity contribution in [2.45, 2.75) is 11.8 Å². The van der Waals surface area contributed by atoms with Crippen molar-refractivity contribution in [2.24, 2.45) is 0 Å². The Bertz CT molecular complexity index is 946. The van der Waals surface area contributed by atoms with Crippen molar-refractivity contribution in [2.75, 3.05) is 42.9 Å². The first-order chi connectivity index (χ1) is 13.3. The fourth-order valence-corrected chi connectivity index (χ4v) is 4.06. The number of halogens is 2. The van der Waals surface area contributed by atoms with Crippen molar-refractivity contribution in [1.29, 1.82) is 0 Å². The highest BCUT2D eigenvalue weighted by Gasteiger charge is 2.17. The number of morpholine rings is 1. The summed E-state index contributed by atoms with van der Waals surface area (Å²) < 4.78 is 32.9. The molecule has 0 unspecified atom stereocenters. The molecule has 158 valence electrons. The summed E-state index contributed by atoms with van der Waals surface area (Å²) in [5.41, 5.74) is 1.62. The molecule has 3 rings (SSSR count). The second-order valence-electron chi connectivity index (χ2n) is 6.55. The van der Waals surface area contributed by atoms with E-state index in [0.717, 1.165) is 5.56 Å². The number of ether oxygens (including phenoxy) is 1. The molecule has 0 aliphatic carbocycles. The van der Waals surface area contributed by atoms with Crippen LogP contribution >= 0.6 is 11.6 Å². The Morgan fingerprint density at radius 1 is 1.14 bits per heavy atom. The van der Waals surface area contributed by atoms with Crippen LogP contribution in [0.4, 0.5) is 11.4 Å². The highest BCUT2D eigenvalue weighted by atomic mass is 35.5. The largest absolute Gasteiger partial charge is 1.00 e. The number of benzene rings is 2. The lowest BCUT2D eigenvalue weighted by atomic mass is 10.2. The van der Waals surface area contributed by atoms with E-state index in [1.807, 2.05) is 11.8 Å². The Balaban J connectivity index is 0.00000300. The first kappa shape index (κ1) is 23.4. The summed E-state index contributed by atoms with van der Waals surface area (Å²) in [4.78, 5) is 14.4. The van der Waals surface area contributed by atoms with E-state index >= 15 is 0 Å². The summed E-state index contributed by atoms with van der Waals surface area (Å²) in [7, 11) is -3.79. The Labute approximate surface area is 181 Å². The number of carbonyl (C=O) groups is 1. The predicted octanol–water partition coefficient (Wildman–Crippen LogP) is -0.276. The van der Waals surface area contributed by atoms with Crippen LogP contribution in [0.15, 0.2) is 47.4 Å². The molecule has 0 spiro atoms. The minimum absolute atomic E-state index is 0. The highest BCUT2D eigenvalue weighted by Crippen LogP contribution is 2.28. The van der Waals surface area contributed by atoms with Crippen LogP contribution in [-0.4, -0.2) is 52.1 Å². The van der Waals surface area contributed by atoms with Crippen molar-refractivity contribution in [3.05, 3.63) is 53.1 Å². The molecule has 0 bridgehead atoms. The summed E-state index contributed by atoms with van der Waals surface area (Å²) in [5, 5.41) is 3.01. The lowest BCUT2D eigenvalue weighted by Crippen LogP contribution is -3.00. The quantitative estimate of drug-likeness (QED) is 0.621. The number of anilines is 2. The van der Waals surface area contributed by atoms with Gasteiger partial charge in [0.15, 0.2) is 0 Å². The van der Waals surface area contributed by atoms with Crippen molar-refractivity contribution in [3.8, 4) is 0 Å². The van der Waals surface area contributed by atoms with Crippen molar-refractivity contribution < 1.29 is 30.4 Å². The molecule has 7 nitrogen and oxygen atoms in total. The summed E-state index contributed by atoms with van der Waals surface area (Å²) in [6.07, 6.45) is 0. The van der Waals surface area contributed by atoms with Gasteiger partial charge in [0, 0.05) is 18.8 Å². The molecule has 1 amide bonds. The van der Waals surface area contributed by atoms with E-state index in [2.05, 4.69) is 10.0 Å². The van der Waals surface area contributed by atoms with Gasteiger partial charge in [-0.3, -0.25) is 14.4 Å². The third-order valence-corrected chi connectivity index (χ3v) is 6.01. The average molecular weight is 459 g/mol. The molecule has 1 heterocycles. The topological polar surface area (TPSA) is 87.7 Å². The first-order valence-electron chi connectivity index (χ1n) is 8.82. The van der Waals surface area contributed by atoms with Crippen LogP contribution in [0, 0.1) is 6.92 Å². The van der Waals surface area contributed by atoms with Gasteiger partial charge < -0.3 is 22.5 Å². The highest BCUT2D eigenvalue weighted by molar-refractivity contribution is 7.92. The van der Waals surface area contributed by atoms with Gasteiger partial charge >= 0.3 is 0 Å². The Morgan fingerprint density at radius 3 is 2.45 bits per heavy atom. The lowest BCUT2D eigenvalue weighted by Gasteiger charge is -2.25. The van der Waals surface area contributed by atoms with Crippen LogP contribution in [0.3, 0.4) is 0 Å². The van der Waals surface area contributed by atoms with Gasteiger partial charge in [-0.2, -0.15) is 0 Å². The zero-order valence-corrected chi connectivity index (χ0v) is 18.1. The number of hydrogen-bond donors (Lipinski definition) is 2. The Kier molecular flexibility index (Phi) is 8.30. The molecule has 1 saturated heterocycles. The van der Waals surface area contributed by atoms with Gasteiger partial charge in [0.2, 0.25) is 5.91 Å². The van der Waals surface area contributed by atoms with Crippen LogP contribution in [0.2, 0.25) is 5.02 Å². The third kappa shape index (κ3) is 6.58. The zero-order valence-electron chi connectivity index (χ0n) is 15.8. The number of nitrogens with zero attached hydrogens (tertiary/aromatic N) is 1. The zero-order chi connectivity index (χ0) is 20.1. The molecule has 1 fully saturated rings. The molecular formula is C19H22Cl2N3O4S-. The number of rotatable bonds is 6. The van der Waals surface area contributed by atoms with Crippen molar-refractivity contribution in [3.63, 3.8) is 0 Å². The molecule has 1 aliphatic rings. The molecule has 1 aliphatic heterocycles. The molecule has 2 aromatic rings. The smallest absolute Gasteiger partial charge is 0.261 e. The summed E-state index contributed by atoms with van der Waals surface area (Å²) in [6, 6.07) is 11.2. The molecule has 2 aromatic carbocycles. The maximum Gasteiger partial charge on any atom is 0.261 e. The fraction of sp³-hybridized carbons (Fsp3) is 0.316. The van der Waals surface area contributed by atoms with Gasteiger partial charge in [-0.15, -0.1) is 0 Å². The predicted molar refractivity (Wildman–Crippen MR) is 109 cm³/mol. The third-order valence-electron chi connectivity index (χ3n) is 4.30. The van der Waals surface area contributed by atoms with Gasteiger partial charge in [0.1, 0.15) is 0 Å². The van der Waals surface area contributed by atoms with E-state index in [1.165, 1.54) is 18.2 Å². The van der Waals surface area contributed by atoms with Gasteiger partial charge in [-0.25, -0.2) is 8.42 Å². The summed E-state index contributed by atoms with van der Waals surface area (Å²) >= 11 is 6.15. The maximum absolute atomic E-state index is 12.6. The number of carbonyl (C=O) groups excluding carboxylic acids is 1. The standard InChI is InChI=1S/C19H22ClN3O4S.ClH/c1-14-2-5-16(6-3-14)28(25,26)22-18-12-15(4-7-17(18)20)21-19(24)13-23-8-10-27-11-9-23;/h2-7,12,22H,8-11,13H2,1H3,(H,21,24);1H/p-1. The van der Waals surface area contributed by atoms with E-state index in [-0.39, 0.29) is 40.5 Å². The molecule has 29 heavy (non-hydrogen) atoms. The second kappa shape index (κ2) is 10.3. The van der Waals surface area contributed by atoms with E-state index in [1.54, 1.807) is 24.3 Å². The number of nitrogens with one attached hydrogen (secondary N) is 2. The fourth-order valence-electron chi connectivity index (χ4n) is 2.77.